The van der Waals surface area contributed by atoms with Gasteiger partial charge in [0.05, 0.1) is 27.7 Å². The van der Waals surface area contributed by atoms with Crippen LogP contribution in [0.1, 0.15) is 11.3 Å². The van der Waals surface area contributed by atoms with Gasteiger partial charge in [0.2, 0.25) is 0 Å². The van der Waals surface area contributed by atoms with Gasteiger partial charge >= 0.3 is 10.1 Å². The minimum Gasteiger partial charge on any atom is -0.379 e. The van der Waals surface area contributed by atoms with Crippen LogP contribution in [0, 0.1) is 13.8 Å². The molecule has 0 aliphatic carbocycles. The second-order valence-corrected chi connectivity index (χ2v) is 16.0. The monoisotopic (exact) mass is 788 g/mol. The Morgan fingerprint density at radius 3 is 1.76 bits per heavy atom. The van der Waals surface area contributed by atoms with E-state index >= 15 is 0 Å². The van der Waals surface area contributed by atoms with Crippen molar-refractivity contribution in [2.45, 2.75) is 28.5 Å². The van der Waals surface area contributed by atoms with Crippen LogP contribution in [0.3, 0.4) is 0 Å². The summed E-state index contributed by atoms with van der Waals surface area (Å²) in [6, 6.07) is 27.3. The Labute approximate surface area is 308 Å². The third-order valence-electron chi connectivity index (χ3n) is 7.76. The van der Waals surface area contributed by atoms with E-state index < -0.39 is 40.8 Å². The highest BCUT2D eigenvalue weighted by Gasteiger charge is 2.19. The van der Waals surface area contributed by atoms with Gasteiger partial charge in [-0.3, -0.25) is 19.0 Å². The van der Waals surface area contributed by atoms with Crippen LogP contribution in [0.15, 0.2) is 155 Å². The molecule has 0 unspecified atom stereocenters. The van der Waals surface area contributed by atoms with Gasteiger partial charge in [-0.25, -0.2) is 4.68 Å². The third kappa shape index (κ3) is 8.56. The van der Waals surface area contributed by atoms with E-state index in [4.69, 9.17) is 4.18 Å². The first kappa shape index (κ1) is 37.6. The number of azo groups is 2. The number of hydrogen-bond acceptors (Lipinski definition) is 12. The lowest BCUT2D eigenvalue weighted by Gasteiger charge is -2.08. The molecule has 0 aliphatic rings. The van der Waals surface area contributed by atoms with Crippen LogP contribution in [-0.4, -0.2) is 44.1 Å². The maximum Gasteiger partial charge on any atom is 0.339 e. The highest BCUT2D eigenvalue weighted by atomic mass is 32.2. The molecule has 0 aliphatic heterocycles. The summed E-state index contributed by atoms with van der Waals surface area (Å²) in [7, 11) is -13.2. The van der Waals surface area contributed by atoms with Gasteiger partial charge in [-0.05, 0) is 110 Å². The lowest BCUT2D eigenvalue weighted by atomic mass is 10.1. The lowest BCUT2D eigenvalue weighted by Crippen LogP contribution is -2.14. The van der Waals surface area contributed by atoms with Crippen LogP contribution in [0.4, 0.5) is 22.7 Å². The first-order valence-corrected chi connectivity index (χ1v) is 19.8. The van der Waals surface area contributed by atoms with E-state index in [0.29, 0.717) is 28.2 Å². The number of hydrogen-bond donors (Lipinski definition) is 3. The van der Waals surface area contributed by atoms with Crippen molar-refractivity contribution in [2.75, 3.05) is 0 Å². The molecule has 0 fully saturated rings. The molecule has 6 aromatic rings. The first-order chi connectivity index (χ1) is 25.5. The van der Waals surface area contributed by atoms with Crippen molar-refractivity contribution in [1.29, 1.82) is 0 Å². The van der Waals surface area contributed by atoms with Crippen LogP contribution in [-0.2, 0) is 30.4 Å². The predicted octanol–water partition coefficient (Wildman–Crippen LogP) is 7.54. The fourth-order valence-corrected chi connectivity index (χ4v) is 7.03. The highest BCUT2D eigenvalue weighted by molar-refractivity contribution is 7.87. The van der Waals surface area contributed by atoms with E-state index in [1.807, 2.05) is 6.92 Å². The van der Waals surface area contributed by atoms with Crippen LogP contribution >= 0.6 is 0 Å². The summed E-state index contributed by atoms with van der Waals surface area (Å²) >= 11 is 0. The van der Waals surface area contributed by atoms with E-state index in [-0.39, 0.29) is 32.6 Å². The highest BCUT2D eigenvalue weighted by Crippen LogP contribution is 2.33. The number of nitrogens with zero attached hydrogens (tertiary/aromatic N) is 5. The third-order valence-corrected chi connectivity index (χ3v) is 10.8. The molecular formula is C35H28N6O10S3. The molecule has 276 valence electrons. The average Bonchev–Trinajstić information content (AvgIpc) is 3.42. The lowest BCUT2D eigenvalue weighted by molar-refractivity contribution is 0.481. The molecule has 0 saturated heterocycles. The van der Waals surface area contributed by atoms with E-state index in [1.165, 1.54) is 60.7 Å². The fraction of sp³-hybridized carbons (Fsp3) is 0.0571. The molecular weight excluding hydrogens is 761 g/mol. The number of rotatable bonds is 11. The summed E-state index contributed by atoms with van der Waals surface area (Å²) in [5.74, 6) is 0.0251. The van der Waals surface area contributed by atoms with Crippen molar-refractivity contribution in [3.05, 3.63) is 137 Å². The van der Waals surface area contributed by atoms with Gasteiger partial charge in [-0.1, -0.05) is 35.9 Å². The van der Waals surface area contributed by atoms with Gasteiger partial charge in [-0.2, -0.15) is 35.5 Å². The summed E-state index contributed by atoms with van der Waals surface area (Å²) in [5.41, 5.74) is 2.40. The molecule has 54 heavy (non-hydrogen) atoms. The Balaban J connectivity index is 1.17. The van der Waals surface area contributed by atoms with Crippen LogP contribution in [0.25, 0.3) is 16.8 Å². The minimum absolute atomic E-state index is 0.00387. The van der Waals surface area contributed by atoms with E-state index in [2.05, 4.69) is 25.6 Å². The Morgan fingerprint density at radius 1 is 0.611 bits per heavy atom. The van der Waals surface area contributed by atoms with Crippen molar-refractivity contribution < 1.29 is 38.5 Å². The largest absolute Gasteiger partial charge is 0.379 e. The van der Waals surface area contributed by atoms with Gasteiger partial charge in [0.1, 0.15) is 21.2 Å². The zero-order chi connectivity index (χ0) is 38.8. The number of nitrogens with one attached hydrogen (secondary N) is 1. The molecule has 3 N–H and O–H groups in total. The van der Waals surface area contributed by atoms with Gasteiger partial charge in [0, 0.05) is 0 Å². The zero-order valence-electron chi connectivity index (χ0n) is 28.1. The van der Waals surface area contributed by atoms with Gasteiger partial charge < -0.3 is 4.18 Å². The van der Waals surface area contributed by atoms with Gasteiger partial charge in [0.15, 0.2) is 5.69 Å². The van der Waals surface area contributed by atoms with E-state index in [1.54, 1.807) is 49.4 Å². The average molecular weight is 789 g/mol. The number of aromatic amines is 1. The number of aryl methyl sites for hydroxylation is 2. The van der Waals surface area contributed by atoms with Crippen LogP contribution in [0.2, 0.25) is 0 Å². The predicted molar refractivity (Wildman–Crippen MR) is 196 cm³/mol. The van der Waals surface area contributed by atoms with E-state index in [0.717, 1.165) is 22.4 Å². The molecule has 19 heteroatoms. The Morgan fingerprint density at radius 2 is 1.17 bits per heavy atom. The minimum atomic E-state index is -4.75. The smallest absolute Gasteiger partial charge is 0.339 e. The quantitative estimate of drug-likeness (QED) is 0.0662. The number of H-pyrrole nitrogens is 1. The maximum atomic E-state index is 13.0. The molecule has 6 rings (SSSR count). The molecule has 0 spiro atoms. The van der Waals surface area contributed by atoms with Crippen molar-refractivity contribution in [2.24, 2.45) is 20.5 Å². The van der Waals surface area contributed by atoms with E-state index in [9.17, 15) is 39.2 Å². The Hall–Kier alpha value is -6.12. The first-order valence-electron chi connectivity index (χ1n) is 15.5. The van der Waals surface area contributed by atoms with Crippen molar-refractivity contribution in [3.63, 3.8) is 0 Å². The molecule has 0 atom stereocenters. The Kier molecular flexibility index (Phi) is 10.3. The molecule has 0 amide bonds. The van der Waals surface area contributed by atoms with Gasteiger partial charge in [-0.15, -0.1) is 10.2 Å². The van der Waals surface area contributed by atoms with Gasteiger partial charge in [0.25, 0.3) is 25.8 Å². The standard InChI is InChI=1S/C35H28N6O10S3/c1-22-3-16-31(17-4-22)54(49,50)51-29-14-10-27(11-15-29)36-38-32-20-7-25(21-33(32)53(46,47)48)24-5-8-26(9-6-24)37-39-34-23(2)40-41(35(34)42)28-12-18-30(19-13-28)52(43,44)45/h3-21,40H,1-2H3,(H,43,44,45)(H,46,47,48). The van der Waals surface area contributed by atoms with Crippen LogP contribution in [0.5, 0.6) is 5.75 Å². The summed E-state index contributed by atoms with van der Waals surface area (Å²) < 4.78 is 98.0. The summed E-state index contributed by atoms with van der Waals surface area (Å²) in [5, 5.41) is 19.1. The van der Waals surface area contributed by atoms with Crippen LogP contribution < -0.4 is 9.74 Å². The molecule has 1 aromatic heterocycles. The Bertz CT molecular complexity index is 2820. The second kappa shape index (κ2) is 14.7. The SMILES string of the molecule is Cc1ccc(S(=O)(=O)Oc2ccc(N=Nc3ccc(-c4ccc(N=Nc5c(C)[nH]n(-c6ccc(S(=O)(=O)O)cc6)c5=O)cc4)cc3S(=O)(=O)O)cc2)cc1. The molecule has 0 radical (unpaired) electrons. The molecule has 16 nitrogen and oxygen atoms in total. The maximum absolute atomic E-state index is 13.0. The van der Waals surface area contributed by atoms with Crippen molar-refractivity contribution in [3.8, 4) is 22.6 Å². The molecule has 0 saturated carbocycles. The topological polar surface area (TPSA) is 239 Å². The molecule has 0 bridgehead atoms. The number of aromatic nitrogens is 2. The second-order valence-electron chi connectivity index (χ2n) is 11.6. The summed E-state index contributed by atoms with van der Waals surface area (Å²) in [4.78, 5) is 12.2. The van der Waals surface area contributed by atoms with Crippen molar-refractivity contribution in [1.82, 2.24) is 9.78 Å². The number of benzene rings is 5. The molecule has 1 heterocycles. The normalized spacial score (nSPS) is 12.4. The zero-order valence-corrected chi connectivity index (χ0v) is 30.5. The molecule has 5 aromatic carbocycles. The summed E-state index contributed by atoms with van der Waals surface area (Å²) in [6.45, 7) is 3.43. The summed E-state index contributed by atoms with van der Waals surface area (Å²) in [6.07, 6.45) is 0. The van der Waals surface area contributed by atoms with Crippen molar-refractivity contribution >= 4 is 53.1 Å². The fourth-order valence-electron chi connectivity index (χ4n) is 4.98.